The molecule has 0 radical (unpaired) electrons. The number of ether oxygens (including phenoxy) is 1. The predicted octanol–water partition coefficient (Wildman–Crippen LogP) is -0.265. The van der Waals surface area contributed by atoms with E-state index in [0.717, 1.165) is 0 Å². The third-order valence-electron chi connectivity index (χ3n) is 2.72. The molecule has 1 heterocycles. The van der Waals surface area contributed by atoms with E-state index in [1.54, 1.807) is 0 Å². The second-order valence-corrected chi connectivity index (χ2v) is 6.07. The van der Waals surface area contributed by atoms with E-state index >= 15 is 0 Å². The van der Waals surface area contributed by atoms with Gasteiger partial charge in [0.25, 0.3) is 0 Å². The van der Waals surface area contributed by atoms with Crippen molar-refractivity contribution in [1.29, 1.82) is 0 Å². The number of aliphatic hydroxyl groups is 1. The molecule has 88 valence electrons. The average Bonchev–Trinajstić information content (AvgIpc) is 2.15. The van der Waals surface area contributed by atoms with Crippen LogP contribution in [0.1, 0.15) is 19.3 Å². The molecule has 0 bridgehead atoms. The summed E-state index contributed by atoms with van der Waals surface area (Å²) >= 11 is 0. The van der Waals surface area contributed by atoms with Crippen molar-refractivity contribution < 1.29 is 23.1 Å². The molecule has 1 N–H and O–H groups in total. The molecular weight excluding hydrogens is 220 g/mol. The highest BCUT2D eigenvalue weighted by Gasteiger charge is 2.31. The molecule has 0 unspecified atom stereocenters. The van der Waals surface area contributed by atoms with Crippen LogP contribution in [0, 0.1) is 5.92 Å². The summed E-state index contributed by atoms with van der Waals surface area (Å²) in [5.74, 6) is -0.502. The number of sulfone groups is 1. The Morgan fingerprint density at radius 3 is 2.73 bits per heavy atom. The molecule has 1 fully saturated rings. The number of esters is 1. The minimum atomic E-state index is -3.08. The van der Waals surface area contributed by atoms with Crippen molar-refractivity contribution in [2.45, 2.75) is 25.4 Å². The number of hydrogen-bond acceptors (Lipinski definition) is 5. The minimum absolute atomic E-state index is 0.104. The lowest BCUT2D eigenvalue weighted by Crippen LogP contribution is -2.37. The molecular formula is C9H16O5S. The Balaban J connectivity index is 2.42. The third kappa shape index (κ3) is 3.79. The Kier molecular flexibility index (Phi) is 4.10. The van der Waals surface area contributed by atoms with Crippen LogP contribution in [0.3, 0.4) is 0 Å². The molecule has 0 spiro atoms. The maximum Gasteiger partial charge on any atom is 0.305 e. The molecule has 1 aliphatic heterocycles. The van der Waals surface area contributed by atoms with Crippen molar-refractivity contribution in [1.82, 2.24) is 0 Å². The lowest BCUT2D eigenvalue weighted by atomic mass is 9.94. The number of rotatable bonds is 3. The second kappa shape index (κ2) is 4.94. The minimum Gasteiger partial charge on any atom is -0.469 e. The highest BCUT2D eigenvalue weighted by Crippen LogP contribution is 2.23. The Labute approximate surface area is 89.3 Å². The van der Waals surface area contributed by atoms with Gasteiger partial charge in [0, 0.05) is 6.42 Å². The fourth-order valence-corrected chi connectivity index (χ4v) is 3.37. The summed E-state index contributed by atoms with van der Waals surface area (Å²) in [6, 6.07) is 0. The summed E-state index contributed by atoms with van der Waals surface area (Å²) in [5, 5.41) is 9.56. The third-order valence-corrected chi connectivity index (χ3v) is 4.42. The molecule has 0 amide bonds. The summed E-state index contributed by atoms with van der Waals surface area (Å²) in [6.45, 7) is 0. The van der Waals surface area contributed by atoms with Gasteiger partial charge in [0.05, 0.1) is 24.7 Å². The highest BCUT2D eigenvalue weighted by molar-refractivity contribution is 7.91. The van der Waals surface area contributed by atoms with E-state index in [9.17, 15) is 18.3 Å². The van der Waals surface area contributed by atoms with E-state index in [-0.39, 0.29) is 29.8 Å². The topological polar surface area (TPSA) is 80.7 Å². The predicted molar refractivity (Wildman–Crippen MR) is 54.0 cm³/mol. The molecule has 1 aliphatic rings. The van der Waals surface area contributed by atoms with Gasteiger partial charge in [-0.2, -0.15) is 0 Å². The van der Waals surface area contributed by atoms with E-state index in [1.807, 2.05) is 0 Å². The van der Waals surface area contributed by atoms with E-state index < -0.39 is 15.9 Å². The fraction of sp³-hybridized carbons (Fsp3) is 0.889. The monoisotopic (exact) mass is 236 g/mol. The van der Waals surface area contributed by atoms with Gasteiger partial charge < -0.3 is 9.84 Å². The highest BCUT2D eigenvalue weighted by atomic mass is 32.2. The van der Waals surface area contributed by atoms with Gasteiger partial charge in [-0.25, -0.2) is 8.42 Å². The Morgan fingerprint density at radius 2 is 2.20 bits per heavy atom. The SMILES string of the molecule is COC(=O)CC[C@H]1CCS(=O)(=O)C[C@H]1O. The van der Waals surface area contributed by atoms with Gasteiger partial charge in [0.1, 0.15) is 0 Å². The molecule has 6 heteroatoms. The van der Waals surface area contributed by atoms with E-state index in [2.05, 4.69) is 4.74 Å². The standard InChI is InChI=1S/C9H16O5S/c1-14-9(11)3-2-7-4-5-15(12,13)6-8(7)10/h7-8,10H,2-6H2,1H3/t7-,8+/m0/s1. The first-order chi connectivity index (χ1) is 6.94. The summed E-state index contributed by atoms with van der Waals surface area (Å²) < 4.78 is 26.8. The number of hydrogen-bond donors (Lipinski definition) is 1. The molecule has 0 aromatic rings. The van der Waals surface area contributed by atoms with Gasteiger partial charge in [-0.15, -0.1) is 0 Å². The number of methoxy groups -OCH3 is 1. The van der Waals surface area contributed by atoms with Crippen molar-refractivity contribution >= 4 is 15.8 Å². The maximum atomic E-state index is 11.1. The van der Waals surface area contributed by atoms with Crippen molar-refractivity contribution in [2.24, 2.45) is 5.92 Å². The maximum absolute atomic E-state index is 11.1. The van der Waals surface area contributed by atoms with Crippen LogP contribution < -0.4 is 0 Å². The Bertz CT molecular complexity index is 321. The van der Waals surface area contributed by atoms with Crippen LogP contribution in [0.5, 0.6) is 0 Å². The number of carbonyl (C=O) groups excluding carboxylic acids is 1. The smallest absolute Gasteiger partial charge is 0.305 e. The average molecular weight is 236 g/mol. The first kappa shape index (κ1) is 12.4. The zero-order chi connectivity index (χ0) is 11.5. The van der Waals surface area contributed by atoms with Gasteiger partial charge in [0.2, 0.25) is 0 Å². The van der Waals surface area contributed by atoms with Crippen LogP contribution in [0.15, 0.2) is 0 Å². The van der Waals surface area contributed by atoms with Gasteiger partial charge in [-0.05, 0) is 18.8 Å². The van der Waals surface area contributed by atoms with Gasteiger partial charge in [0.15, 0.2) is 9.84 Å². The molecule has 1 rings (SSSR count). The molecule has 0 saturated carbocycles. The van der Waals surface area contributed by atoms with Crippen LogP contribution in [0.4, 0.5) is 0 Å². The first-order valence-electron chi connectivity index (χ1n) is 4.90. The molecule has 1 saturated heterocycles. The lowest BCUT2D eigenvalue weighted by Gasteiger charge is -2.27. The van der Waals surface area contributed by atoms with Crippen molar-refractivity contribution in [3.8, 4) is 0 Å². The molecule has 15 heavy (non-hydrogen) atoms. The Morgan fingerprint density at radius 1 is 1.53 bits per heavy atom. The van der Waals surface area contributed by atoms with Crippen LogP contribution in [0.25, 0.3) is 0 Å². The molecule has 2 atom stereocenters. The number of carbonyl (C=O) groups is 1. The van der Waals surface area contributed by atoms with E-state index in [1.165, 1.54) is 7.11 Å². The van der Waals surface area contributed by atoms with Crippen LogP contribution >= 0.6 is 0 Å². The van der Waals surface area contributed by atoms with Crippen LogP contribution in [-0.2, 0) is 19.4 Å². The summed E-state index contributed by atoms with van der Waals surface area (Å²) in [7, 11) is -1.77. The second-order valence-electron chi connectivity index (χ2n) is 3.85. The largest absolute Gasteiger partial charge is 0.469 e. The molecule has 0 aromatic heterocycles. The zero-order valence-corrected chi connectivity index (χ0v) is 9.50. The van der Waals surface area contributed by atoms with Crippen molar-refractivity contribution in [3.63, 3.8) is 0 Å². The Hall–Kier alpha value is -0.620. The summed E-state index contributed by atoms with van der Waals surface area (Å²) in [5.41, 5.74) is 0. The first-order valence-corrected chi connectivity index (χ1v) is 6.72. The summed E-state index contributed by atoms with van der Waals surface area (Å²) in [6.07, 6.45) is 0.315. The normalized spacial score (nSPS) is 29.7. The van der Waals surface area contributed by atoms with Crippen molar-refractivity contribution in [2.75, 3.05) is 18.6 Å². The van der Waals surface area contributed by atoms with Gasteiger partial charge in [-0.3, -0.25) is 4.79 Å². The van der Waals surface area contributed by atoms with Crippen LogP contribution in [0.2, 0.25) is 0 Å². The lowest BCUT2D eigenvalue weighted by molar-refractivity contribution is -0.141. The fourth-order valence-electron chi connectivity index (χ4n) is 1.74. The van der Waals surface area contributed by atoms with Gasteiger partial charge in [-0.1, -0.05) is 0 Å². The summed E-state index contributed by atoms with van der Waals surface area (Å²) in [4.78, 5) is 10.9. The quantitative estimate of drug-likeness (QED) is 0.682. The molecule has 0 aromatic carbocycles. The van der Waals surface area contributed by atoms with Crippen LogP contribution in [-0.4, -0.2) is 44.2 Å². The van der Waals surface area contributed by atoms with E-state index in [4.69, 9.17) is 0 Å². The molecule has 5 nitrogen and oxygen atoms in total. The van der Waals surface area contributed by atoms with E-state index in [0.29, 0.717) is 12.8 Å². The number of aliphatic hydroxyl groups excluding tert-OH is 1. The van der Waals surface area contributed by atoms with Gasteiger partial charge >= 0.3 is 5.97 Å². The van der Waals surface area contributed by atoms with Crippen molar-refractivity contribution in [3.05, 3.63) is 0 Å². The molecule has 0 aliphatic carbocycles. The zero-order valence-electron chi connectivity index (χ0n) is 8.68.